The summed E-state index contributed by atoms with van der Waals surface area (Å²) < 4.78 is 5.20. The molecule has 1 amide bonds. The summed E-state index contributed by atoms with van der Waals surface area (Å²) in [5, 5.41) is 5.39. The lowest BCUT2D eigenvalue weighted by molar-refractivity contribution is -0.120. The molecule has 134 valence electrons. The lowest BCUT2D eigenvalue weighted by Gasteiger charge is -2.24. The normalized spacial score (nSPS) is 12.2. The lowest BCUT2D eigenvalue weighted by Crippen LogP contribution is -2.39. The first kappa shape index (κ1) is 18.0. The van der Waals surface area contributed by atoms with Crippen LogP contribution in [0.4, 0.5) is 5.69 Å². The van der Waals surface area contributed by atoms with Crippen LogP contribution in [0.15, 0.2) is 66.7 Å². The van der Waals surface area contributed by atoms with E-state index in [-0.39, 0.29) is 11.9 Å². The monoisotopic (exact) mass is 348 g/mol. The first-order valence-electron chi connectivity index (χ1n) is 8.69. The molecule has 0 aromatic heterocycles. The van der Waals surface area contributed by atoms with Gasteiger partial charge in [-0.15, -0.1) is 0 Å². The fraction of sp³-hybridized carbons (Fsp3) is 0.227. The number of amides is 1. The predicted molar refractivity (Wildman–Crippen MR) is 107 cm³/mol. The molecule has 0 saturated heterocycles. The van der Waals surface area contributed by atoms with Gasteiger partial charge in [-0.05, 0) is 48.5 Å². The number of carbonyl (C=O) groups excluding carboxylic acids is 1. The van der Waals surface area contributed by atoms with Crippen molar-refractivity contribution in [2.75, 3.05) is 19.5 Å². The molecule has 26 heavy (non-hydrogen) atoms. The summed E-state index contributed by atoms with van der Waals surface area (Å²) in [6.45, 7) is 2.62. The Morgan fingerprint density at radius 3 is 2.58 bits per heavy atom. The van der Waals surface area contributed by atoms with Crippen molar-refractivity contribution in [2.24, 2.45) is 0 Å². The van der Waals surface area contributed by atoms with Crippen molar-refractivity contribution < 1.29 is 9.53 Å². The van der Waals surface area contributed by atoms with Crippen molar-refractivity contribution in [3.8, 4) is 5.75 Å². The molecule has 0 spiro atoms. The minimum atomic E-state index is -0.257. The number of hydrogen-bond donors (Lipinski definition) is 1. The van der Waals surface area contributed by atoms with E-state index in [1.165, 1.54) is 16.3 Å². The van der Waals surface area contributed by atoms with Gasteiger partial charge in [0.05, 0.1) is 13.2 Å². The molecule has 1 N–H and O–H groups in total. The average Bonchev–Trinajstić information content (AvgIpc) is 2.67. The molecule has 4 heteroatoms. The molecule has 0 heterocycles. The largest absolute Gasteiger partial charge is 0.497 e. The third-order valence-electron chi connectivity index (χ3n) is 4.62. The maximum absolute atomic E-state index is 12.6. The van der Waals surface area contributed by atoms with Crippen LogP contribution < -0.4 is 10.1 Å². The highest BCUT2D eigenvalue weighted by atomic mass is 16.5. The van der Waals surface area contributed by atoms with Gasteiger partial charge in [0.1, 0.15) is 5.75 Å². The van der Waals surface area contributed by atoms with Crippen LogP contribution in [-0.4, -0.2) is 31.0 Å². The van der Waals surface area contributed by atoms with E-state index in [1.54, 1.807) is 7.11 Å². The SMILES string of the molecule is COc1cccc(NC(=O)C(C)N(C)Cc2ccc3ccccc3c2)c1. The van der Waals surface area contributed by atoms with Crippen LogP contribution in [0.5, 0.6) is 5.75 Å². The van der Waals surface area contributed by atoms with Crippen molar-refractivity contribution in [1.82, 2.24) is 4.90 Å². The fourth-order valence-electron chi connectivity index (χ4n) is 2.91. The number of nitrogens with one attached hydrogen (secondary N) is 1. The summed E-state index contributed by atoms with van der Waals surface area (Å²) in [5.41, 5.74) is 1.92. The van der Waals surface area contributed by atoms with E-state index in [2.05, 4.69) is 35.6 Å². The van der Waals surface area contributed by atoms with Crippen LogP contribution in [0.1, 0.15) is 12.5 Å². The second-order valence-electron chi connectivity index (χ2n) is 6.49. The van der Waals surface area contributed by atoms with E-state index in [9.17, 15) is 4.79 Å². The second-order valence-corrected chi connectivity index (χ2v) is 6.49. The number of benzene rings is 3. The minimum absolute atomic E-state index is 0.0402. The van der Waals surface area contributed by atoms with Crippen molar-refractivity contribution in [1.29, 1.82) is 0 Å². The van der Waals surface area contributed by atoms with E-state index in [0.29, 0.717) is 6.54 Å². The number of carbonyl (C=O) groups is 1. The van der Waals surface area contributed by atoms with E-state index in [0.717, 1.165) is 11.4 Å². The number of fused-ring (bicyclic) bond motifs is 1. The standard InChI is InChI=1S/C22H24N2O2/c1-16(22(25)23-20-9-6-10-21(14-20)26-3)24(2)15-17-11-12-18-7-4-5-8-19(18)13-17/h4-14,16H,15H2,1-3H3,(H,23,25). The van der Waals surface area contributed by atoms with Gasteiger partial charge in [0, 0.05) is 18.3 Å². The van der Waals surface area contributed by atoms with Gasteiger partial charge >= 0.3 is 0 Å². The fourth-order valence-corrected chi connectivity index (χ4v) is 2.91. The van der Waals surface area contributed by atoms with E-state index in [4.69, 9.17) is 4.74 Å². The molecular weight excluding hydrogens is 324 g/mol. The van der Waals surface area contributed by atoms with Crippen LogP contribution in [0.25, 0.3) is 10.8 Å². The number of ether oxygens (including phenoxy) is 1. The molecule has 1 unspecified atom stereocenters. The molecule has 0 aliphatic carbocycles. The minimum Gasteiger partial charge on any atom is -0.497 e. The zero-order valence-corrected chi connectivity index (χ0v) is 15.4. The van der Waals surface area contributed by atoms with E-state index < -0.39 is 0 Å². The Balaban J connectivity index is 1.65. The number of methoxy groups -OCH3 is 1. The van der Waals surface area contributed by atoms with Crippen molar-refractivity contribution in [3.05, 3.63) is 72.3 Å². The highest BCUT2D eigenvalue weighted by Crippen LogP contribution is 2.19. The van der Waals surface area contributed by atoms with Crippen LogP contribution in [0.2, 0.25) is 0 Å². The average molecular weight is 348 g/mol. The maximum Gasteiger partial charge on any atom is 0.241 e. The molecule has 0 saturated carbocycles. The zero-order chi connectivity index (χ0) is 18.5. The maximum atomic E-state index is 12.6. The Hall–Kier alpha value is -2.85. The Bertz CT molecular complexity index is 907. The summed E-state index contributed by atoms with van der Waals surface area (Å²) in [4.78, 5) is 14.6. The lowest BCUT2D eigenvalue weighted by atomic mass is 10.1. The summed E-state index contributed by atoms with van der Waals surface area (Å²) in [5.74, 6) is 0.682. The van der Waals surface area contributed by atoms with Crippen molar-refractivity contribution in [3.63, 3.8) is 0 Å². The second kappa shape index (κ2) is 8.02. The molecule has 0 aliphatic heterocycles. The summed E-state index contributed by atoms with van der Waals surface area (Å²) in [7, 11) is 3.58. The smallest absolute Gasteiger partial charge is 0.241 e. The van der Waals surface area contributed by atoms with E-state index >= 15 is 0 Å². The van der Waals surface area contributed by atoms with Crippen LogP contribution in [0.3, 0.4) is 0 Å². The molecule has 1 atom stereocenters. The van der Waals surface area contributed by atoms with Gasteiger partial charge in [-0.25, -0.2) is 0 Å². The molecule has 0 fully saturated rings. The Labute approximate surface area is 154 Å². The van der Waals surface area contributed by atoms with Gasteiger partial charge in [-0.3, -0.25) is 9.69 Å². The van der Waals surface area contributed by atoms with Gasteiger partial charge in [0.15, 0.2) is 0 Å². The van der Waals surface area contributed by atoms with Gasteiger partial charge in [-0.1, -0.05) is 42.5 Å². The first-order valence-corrected chi connectivity index (χ1v) is 8.69. The number of likely N-dealkylation sites (N-methyl/N-ethyl adjacent to an activating group) is 1. The molecule has 3 aromatic rings. The quantitative estimate of drug-likeness (QED) is 0.722. The van der Waals surface area contributed by atoms with Gasteiger partial charge in [0.2, 0.25) is 5.91 Å². The predicted octanol–water partition coefficient (Wildman–Crippen LogP) is 4.31. The van der Waals surface area contributed by atoms with Crippen LogP contribution >= 0.6 is 0 Å². The van der Waals surface area contributed by atoms with Gasteiger partial charge < -0.3 is 10.1 Å². The van der Waals surface area contributed by atoms with Crippen LogP contribution in [-0.2, 0) is 11.3 Å². The third kappa shape index (κ3) is 4.21. The summed E-state index contributed by atoms with van der Waals surface area (Å²) in [6.07, 6.45) is 0. The Kier molecular flexibility index (Phi) is 5.54. The van der Waals surface area contributed by atoms with E-state index in [1.807, 2.05) is 55.3 Å². The van der Waals surface area contributed by atoms with Gasteiger partial charge in [0.25, 0.3) is 0 Å². The van der Waals surface area contributed by atoms with Gasteiger partial charge in [-0.2, -0.15) is 0 Å². The number of hydrogen-bond acceptors (Lipinski definition) is 3. The molecule has 3 aromatic carbocycles. The number of anilines is 1. The highest BCUT2D eigenvalue weighted by Gasteiger charge is 2.18. The zero-order valence-electron chi connectivity index (χ0n) is 15.4. The third-order valence-corrected chi connectivity index (χ3v) is 4.62. The summed E-state index contributed by atoms with van der Waals surface area (Å²) >= 11 is 0. The molecular formula is C22H24N2O2. The van der Waals surface area contributed by atoms with Crippen molar-refractivity contribution in [2.45, 2.75) is 19.5 Å². The molecule has 0 aliphatic rings. The first-order chi connectivity index (χ1) is 12.6. The molecule has 0 bridgehead atoms. The van der Waals surface area contributed by atoms with Crippen molar-refractivity contribution >= 4 is 22.4 Å². The Morgan fingerprint density at radius 2 is 1.81 bits per heavy atom. The summed E-state index contributed by atoms with van der Waals surface area (Å²) in [6, 6.07) is 21.8. The highest BCUT2D eigenvalue weighted by molar-refractivity contribution is 5.94. The molecule has 0 radical (unpaired) electrons. The number of nitrogens with zero attached hydrogens (tertiary/aromatic N) is 1. The molecule has 4 nitrogen and oxygen atoms in total. The number of rotatable bonds is 6. The topological polar surface area (TPSA) is 41.6 Å². The molecule has 3 rings (SSSR count). The van der Waals surface area contributed by atoms with Crippen LogP contribution in [0, 0.1) is 0 Å². The Morgan fingerprint density at radius 1 is 1.04 bits per heavy atom.